The SMILES string of the molecule is CCC(C)CCCCCCCCCCCCCCCCC(=O)OC[C@H](COP(=O)(O)OC[C@@H](O)COP(=O)(O)OC[C@@H](COC(=O)CCCCCCCCCCC(C)C)OC(=O)CCCCCCCCCCCCCCCC(C)C)OC(=O)CCCCCCCCCCCCCCCCCC(C)C. The van der Waals surface area contributed by atoms with Crippen LogP contribution in [-0.2, 0) is 65.4 Å². The van der Waals surface area contributed by atoms with Gasteiger partial charge in [-0.3, -0.25) is 37.3 Å². The summed E-state index contributed by atoms with van der Waals surface area (Å²) < 4.78 is 68.8. The van der Waals surface area contributed by atoms with Gasteiger partial charge in [-0.1, -0.05) is 383 Å². The van der Waals surface area contributed by atoms with Crippen LogP contribution in [-0.4, -0.2) is 96.7 Å². The van der Waals surface area contributed by atoms with Crippen molar-refractivity contribution in [2.75, 3.05) is 39.6 Å². The molecule has 3 N–H and O–H groups in total. The lowest BCUT2D eigenvalue weighted by Crippen LogP contribution is -2.30. The Labute approximate surface area is 632 Å². The zero-order valence-electron chi connectivity index (χ0n) is 68.0. The third-order valence-electron chi connectivity index (χ3n) is 19.9. The van der Waals surface area contributed by atoms with Gasteiger partial charge in [-0.25, -0.2) is 9.13 Å². The Morgan fingerprint density at radius 2 is 0.466 bits per heavy atom. The van der Waals surface area contributed by atoms with Crippen LogP contribution in [0.2, 0.25) is 0 Å². The highest BCUT2D eigenvalue weighted by atomic mass is 31.2. The molecule has 0 heterocycles. The van der Waals surface area contributed by atoms with Gasteiger partial charge < -0.3 is 33.8 Å². The summed E-state index contributed by atoms with van der Waals surface area (Å²) in [6.07, 6.45) is 61.0. The monoisotopic (exact) mass is 1510 g/mol. The predicted octanol–water partition coefficient (Wildman–Crippen LogP) is 25.2. The van der Waals surface area contributed by atoms with E-state index < -0.39 is 97.5 Å². The second kappa shape index (κ2) is 72.9. The van der Waals surface area contributed by atoms with Gasteiger partial charge in [0.2, 0.25) is 0 Å². The standard InChI is InChI=1S/C84H164O17P2/c1-9-77(8)63-55-47-39-30-24-18-13-14-19-25-31-40-48-56-64-81(86)94-70-79(100-83(88)66-58-50-42-32-26-20-12-10-11-16-22-28-36-44-52-60-74(2)3)72-98-102(90,91)96-68-78(85)69-97-103(92,93)99-73-80(71-95-82(87)65-57-49-41-35-34-38-46-54-62-76(6)7)101-84(89)67-59-51-43-33-27-21-15-17-23-29-37-45-53-61-75(4)5/h74-80,85H,9-73H2,1-8H3,(H,90,91)(H,92,93)/t77?,78-,79-,80-/m1/s1. The Morgan fingerprint density at radius 1 is 0.272 bits per heavy atom. The molecule has 103 heavy (non-hydrogen) atoms. The zero-order valence-corrected chi connectivity index (χ0v) is 69.7. The first kappa shape index (κ1) is 101. The van der Waals surface area contributed by atoms with E-state index in [1.807, 2.05) is 0 Å². The molecule has 0 aromatic rings. The largest absolute Gasteiger partial charge is 0.472 e. The van der Waals surface area contributed by atoms with Gasteiger partial charge in [0, 0.05) is 25.7 Å². The van der Waals surface area contributed by atoms with Crippen molar-refractivity contribution < 1.29 is 80.2 Å². The quantitative estimate of drug-likeness (QED) is 0.0222. The molecule has 0 radical (unpaired) electrons. The van der Waals surface area contributed by atoms with Gasteiger partial charge in [0.1, 0.15) is 19.3 Å². The molecule has 17 nitrogen and oxygen atoms in total. The van der Waals surface area contributed by atoms with Gasteiger partial charge in [-0.2, -0.15) is 0 Å². The molecule has 0 saturated carbocycles. The lowest BCUT2D eigenvalue weighted by Gasteiger charge is -2.21. The Kier molecular flexibility index (Phi) is 71.5. The Bertz CT molecular complexity index is 2010. The van der Waals surface area contributed by atoms with Gasteiger partial charge in [-0.05, 0) is 49.4 Å². The van der Waals surface area contributed by atoms with Crippen molar-refractivity contribution in [1.82, 2.24) is 0 Å². The summed E-state index contributed by atoms with van der Waals surface area (Å²) in [7, 11) is -9.93. The van der Waals surface area contributed by atoms with Crippen LogP contribution in [0.25, 0.3) is 0 Å². The average molecular weight is 1510 g/mol. The van der Waals surface area contributed by atoms with Crippen molar-refractivity contribution in [3.63, 3.8) is 0 Å². The number of phosphoric ester groups is 2. The van der Waals surface area contributed by atoms with E-state index >= 15 is 0 Å². The highest BCUT2D eigenvalue weighted by Gasteiger charge is 2.30. The Morgan fingerprint density at radius 3 is 0.689 bits per heavy atom. The Balaban J connectivity index is 5.26. The number of hydrogen-bond acceptors (Lipinski definition) is 15. The van der Waals surface area contributed by atoms with Gasteiger partial charge in [-0.15, -0.1) is 0 Å². The number of aliphatic hydroxyl groups excluding tert-OH is 1. The molecule has 0 aliphatic rings. The van der Waals surface area contributed by atoms with Crippen LogP contribution in [0.5, 0.6) is 0 Å². The van der Waals surface area contributed by atoms with E-state index in [1.54, 1.807) is 0 Å². The lowest BCUT2D eigenvalue weighted by molar-refractivity contribution is -0.161. The summed E-state index contributed by atoms with van der Waals surface area (Å²) >= 11 is 0. The van der Waals surface area contributed by atoms with Crippen LogP contribution < -0.4 is 0 Å². The van der Waals surface area contributed by atoms with Crippen molar-refractivity contribution in [2.45, 2.75) is 453 Å². The Hall–Kier alpha value is -1.94. The molecule has 0 aromatic carbocycles. The molecular weight excluding hydrogens is 1340 g/mol. The number of rotatable bonds is 81. The third kappa shape index (κ3) is 76.6. The van der Waals surface area contributed by atoms with Crippen LogP contribution >= 0.6 is 15.6 Å². The average Bonchev–Trinajstić information content (AvgIpc) is 1.12. The fourth-order valence-electron chi connectivity index (χ4n) is 12.9. The molecule has 0 rings (SSSR count). The van der Waals surface area contributed by atoms with Gasteiger partial charge >= 0.3 is 39.5 Å². The van der Waals surface area contributed by atoms with E-state index in [4.69, 9.17) is 37.0 Å². The maximum Gasteiger partial charge on any atom is 0.472 e. The molecule has 0 amide bonds. The van der Waals surface area contributed by atoms with Gasteiger partial charge in [0.25, 0.3) is 0 Å². The molecule has 0 saturated heterocycles. The number of carbonyl (C=O) groups excluding carboxylic acids is 4. The molecule has 0 aliphatic heterocycles. The topological polar surface area (TPSA) is 237 Å². The molecule has 0 spiro atoms. The number of ether oxygens (including phenoxy) is 4. The second-order valence-corrected chi connectivity index (χ2v) is 34.8. The van der Waals surface area contributed by atoms with Crippen LogP contribution in [0.4, 0.5) is 0 Å². The highest BCUT2D eigenvalue weighted by Crippen LogP contribution is 2.45. The molecule has 612 valence electrons. The van der Waals surface area contributed by atoms with E-state index in [0.29, 0.717) is 25.7 Å². The first-order chi connectivity index (χ1) is 49.6. The van der Waals surface area contributed by atoms with Crippen molar-refractivity contribution in [3.05, 3.63) is 0 Å². The smallest absolute Gasteiger partial charge is 0.462 e. The summed E-state index contributed by atoms with van der Waals surface area (Å²) in [6.45, 7) is 14.3. The molecule has 6 atom stereocenters. The van der Waals surface area contributed by atoms with E-state index in [0.717, 1.165) is 114 Å². The van der Waals surface area contributed by atoms with E-state index in [-0.39, 0.29) is 25.7 Å². The summed E-state index contributed by atoms with van der Waals surface area (Å²) in [4.78, 5) is 73.2. The molecule has 0 fully saturated rings. The zero-order chi connectivity index (χ0) is 76.0. The molecule has 0 bridgehead atoms. The van der Waals surface area contributed by atoms with Crippen molar-refractivity contribution in [2.24, 2.45) is 23.7 Å². The van der Waals surface area contributed by atoms with Crippen LogP contribution in [0.3, 0.4) is 0 Å². The third-order valence-corrected chi connectivity index (χ3v) is 21.8. The van der Waals surface area contributed by atoms with Crippen LogP contribution in [0.1, 0.15) is 434 Å². The predicted molar refractivity (Wildman–Crippen MR) is 423 cm³/mol. The number of unbranched alkanes of at least 4 members (excludes halogenated alkanes) is 46. The first-order valence-corrected chi connectivity index (χ1v) is 46.2. The summed E-state index contributed by atoms with van der Waals surface area (Å²) in [6, 6.07) is 0. The van der Waals surface area contributed by atoms with E-state index in [2.05, 4.69) is 55.4 Å². The summed E-state index contributed by atoms with van der Waals surface area (Å²) in [5.41, 5.74) is 0. The first-order valence-electron chi connectivity index (χ1n) is 43.2. The van der Waals surface area contributed by atoms with E-state index in [9.17, 15) is 43.2 Å². The van der Waals surface area contributed by atoms with Gasteiger partial charge in [0.05, 0.1) is 26.4 Å². The van der Waals surface area contributed by atoms with E-state index in [1.165, 1.54) is 238 Å². The molecule has 19 heteroatoms. The minimum absolute atomic E-state index is 0.106. The number of phosphoric acid groups is 2. The van der Waals surface area contributed by atoms with Crippen LogP contribution in [0.15, 0.2) is 0 Å². The number of carbonyl (C=O) groups is 4. The lowest BCUT2D eigenvalue weighted by atomic mass is 9.99. The maximum absolute atomic E-state index is 13.1. The number of esters is 4. The summed E-state index contributed by atoms with van der Waals surface area (Å²) in [5.74, 6) is 1.06. The van der Waals surface area contributed by atoms with Crippen molar-refractivity contribution >= 4 is 39.5 Å². The van der Waals surface area contributed by atoms with Crippen molar-refractivity contribution in [1.29, 1.82) is 0 Å². The number of aliphatic hydroxyl groups is 1. The molecular formula is C84H164O17P2. The molecule has 0 aliphatic carbocycles. The fraction of sp³-hybridized carbons (Fsp3) is 0.952. The number of hydrogen-bond donors (Lipinski definition) is 3. The minimum atomic E-state index is -4.97. The van der Waals surface area contributed by atoms with Gasteiger partial charge in [0.15, 0.2) is 12.2 Å². The highest BCUT2D eigenvalue weighted by molar-refractivity contribution is 7.47. The molecule has 0 aromatic heterocycles. The summed E-state index contributed by atoms with van der Waals surface area (Å²) in [5, 5.41) is 10.7. The maximum atomic E-state index is 13.1. The minimum Gasteiger partial charge on any atom is -0.462 e. The van der Waals surface area contributed by atoms with Crippen molar-refractivity contribution in [3.8, 4) is 0 Å². The van der Waals surface area contributed by atoms with Crippen LogP contribution in [0, 0.1) is 23.7 Å². The normalized spacial score (nSPS) is 14.2. The fourth-order valence-corrected chi connectivity index (χ4v) is 14.5. The second-order valence-electron chi connectivity index (χ2n) is 31.9. The molecule has 3 unspecified atom stereocenters.